The lowest BCUT2D eigenvalue weighted by Gasteiger charge is -2.20. The molecule has 0 atom stereocenters. The normalized spacial score (nSPS) is 19.6. The molecule has 0 radical (unpaired) electrons. The summed E-state index contributed by atoms with van der Waals surface area (Å²) in [5.41, 5.74) is 2.97. The van der Waals surface area contributed by atoms with E-state index in [0.29, 0.717) is 0 Å². The van der Waals surface area contributed by atoms with Gasteiger partial charge in [0.2, 0.25) is 5.91 Å². The van der Waals surface area contributed by atoms with Gasteiger partial charge in [-0.1, -0.05) is 19.3 Å². The Labute approximate surface area is 149 Å². The van der Waals surface area contributed by atoms with Crippen molar-refractivity contribution in [2.75, 3.05) is 18.4 Å². The number of fused-ring (bicyclic) bond motifs is 1. The first-order chi connectivity index (χ1) is 12.2. The molecule has 5 heteroatoms. The van der Waals surface area contributed by atoms with Crippen molar-refractivity contribution in [1.82, 2.24) is 14.5 Å². The molecule has 2 aromatic rings. The monoisotopic (exact) mass is 340 g/mol. The van der Waals surface area contributed by atoms with Crippen LogP contribution in [0.4, 0.5) is 5.69 Å². The molecule has 1 amide bonds. The van der Waals surface area contributed by atoms with Crippen LogP contribution in [-0.2, 0) is 18.4 Å². The second-order valence-corrected chi connectivity index (χ2v) is 7.60. The van der Waals surface area contributed by atoms with Crippen LogP contribution in [0.25, 0.3) is 11.0 Å². The molecule has 4 rings (SSSR count). The van der Waals surface area contributed by atoms with E-state index in [-0.39, 0.29) is 11.8 Å². The molecule has 2 fully saturated rings. The van der Waals surface area contributed by atoms with E-state index in [1.165, 1.54) is 45.2 Å². The van der Waals surface area contributed by atoms with Gasteiger partial charge in [0.05, 0.1) is 17.6 Å². The van der Waals surface area contributed by atoms with Gasteiger partial charge >= 0.3 is 0 Å². The summed E-state index contributed by atoms with van der Waals surface area (Å²) in [6.07, 6.45) is 8.26. The van der Waals surface area contributed by atoms with Gasteiger partial charge in [-0.05, 0) is 57.0 Å². The summed E-state index contributed by atoms with van der Waals surface area (Å²) in [5, 5.41) is 3.11. The number of nitrogens with zero attached hydrogens (tertiary/aromatic N) is 3. The maximum absolute atomic E-state index is 12.5. The lowest BCUT2D eigenvalue weighted by molar-refractivity contribution is -0.120. The largest absolute Gasteiger partial charge is 0.330 e. The topological polar surface area (TPSA) is 50.2 Å². The number of likely N-dealkylation sites (tertiary alicyclic amines) is 1. The van der Waals surface area contributed by atoms with Crippen LogP contribution in [0.1, 0.15) is 50.8 Å². The van der Waals surface area contributed by atoms with Gasteiger partial charge in [0.25, 0.3) is 0 Å². The highest BCUT2D eigenvalue weighted by molar-refractivity contribution is 5.94. The highest BCUT2D eigenvalue weighted by Crippen LogP contribution is 2.26. The molecule has 1 saturated heterocycles. The number of aryl methyl sites for hydroxylation is 1. The highest BCUT2D eigenvalue weighted by atomic mass is 16.1. The fraction of sp³-hybridized carbons (Fsp3) is 0.600. The SMILES string of the molecule is Cn1c(CN2CCCC2)nc2cc(NC(=O)C3CCCCC3)ccc21. The number of hydrogen-bond acceptors (Lipinski definition) is 3. The average Bonchev–Trinajstić information content (AvgIpc) is 3.24. The van der Waals surface area contributed by atoms with Crippen molar-refractivity contribution in [2.24, 2.45) is 13.0 Å². The fourth-order valence-electron chi connectivity index (χ4n) is 4.22. The number of imidazole rings is 1. The third kappa shape index (κ3) is 3.56. The van der Waals surface area contributed by atoms with Gasteiger partial charge in [-0.2, -0.15) is 0 Å². The van der Waals surface area contributed by atoms with Crippen LogP contribution in [0, 0.1) is 5.92 Å². The second-order valence-electron chi connectivity index (χ2n) is 7.60. The van der Waals surface area contributed by atoms with E-state index in [1.54, 1.807) is 0 Å². The molecule has 2 aliphatic rings. The minimum Gasteiger partial charge on any atom is -0.330 e. The number of anilines is 1. The van der Waals surface area contributed by atoms with Crippen LogP contribution in [0.5, 0.6) is 0 Å². The summed E-state index contributed by atoms with van der Waals surface area (Å²) >= 11 is 0. The van der Waals surface area contributed by atoms with Gasteiger partial charge in [0.15, 0.2) is 0 Å². The highest BCUT2D eigenvalue weighted by Gasteiger charge is 2.21. The summed E-state index contributed by atoms with van der Waals surface area (Å²) in [6.45, 7) is 3.26. The van der Waals surface area contributed by atoms with Crippen LogP contribution in [0.15, 0.2) is 18.2 Å². The van der Waals surface area contributed by atoms with Gasteiger partial charge < -0.3 is 9.88 Å². The van der Waals surface area contributed by atoms with Crippen LogP contribution < -0.4 is 5.32 Å². The molecule has 1 N–H and O–H groups in total. The van der Waals surface area contributed by atoms with Crippen molar-refractivity contribution in [1.29, 1.82) is 0 Å². The van der Waals surface area contributed by atoms with Gasteiger partial charge in [0.1, 0.15) is 5.82 Å². The van der Waals surface area contributed by atoms with Crippen LogP contribution in [0.3, 0.4) is 0 Å². The molecule has 134 valence electrons. The van der Waals surface area contributed by atoms with Gasteiger partial charge in [-0.3, -0.25) is 9.69 Å². The number of hydrogen-bond donors (Lipinski definition) is 1. The maximum Gasteiger partial charge on any atom is 0.227 e. The molecule has 2 heterocycles. The van der Waals surface area contributed by atoms with E-state index in [2.05, 4.69) is 27.9 Å². The molecule has 1 saturated carbocycles. The van der Waals surface area contributed by atoms with E-state index >= 15 is 0 Å². The van der Waals surface area contributed by atoms with Crippen molar-refractivity contribution >= 4 is 22.6 Å². The van der Waals surface area contributed by atoms with Crippen molar-refractivity contribution in [3.05, 3.63) is 24.0 Å². The first-order valence-electron chi connectivity index (χ1n) is 9.69. The van der Waals surface area contributed by atoms with Crippen LogP contribution >= 0.6 is 0 Å². The minimum atomic E-state index is 0.173. The van der Waals surface area contributed by atoms with Gasteiger partial charge in [-0.25, -0.2) is 4.98 Å². The van der Waals surface area contributed by atoms with E-state index in [0.717, 1.165) is 41.9 Å². The second kappa shape index (κ2) is 7.16. The van der Waals surface area contributed by atoms with Crippen LogP contribution in [0.2, 0.25) is 0 Å². The van der Waals surface area contributed by atoms with E-state index in [1.807, 2.05) is 12.1 Å². The number of aromatic nitrogens is 2. The van der Waals surface area contributed by atoms with Crippen molar-refractivity contribution in [2.45, 2.75) is 51.5 Å². The minimum absolute atomic E-state index is 0.173. The Morgan fingerprint density at radius 1 is 1.16 bits per heavy atom. The summed E-state index contributed by atoms with van der Waals surface area (Å²) < 4.78 is 2.18. The number of benzene rings is 1. The van der Waals surface area contributed by atoms with E-state index in [4.69, 9.17) is 4.98 Å². The number of nitrogens with one attached hydrogen (secondary N) is 1. The number of carbonyl (C=O) groups is 1. The molecule has 5 nitrogen and oxygen atoms in total. The Morgan fingerprint density at radius 3 is 2.68 bits per heavy atom. The Balaban J connectivity index is 1.50. The third-order valence-corrected chi connectivity index (χ3v) is 5.78. The standard InChI is InChI=1S/C20H28N4O/c1-23-18-10-9-16(21-20(25)15-7-3-2-4-8-15)13-17(18)22-19(23)14-24-11-5-6-12-24/h9-10,13,15H,2-8,11-12,14H2,1H3,(H,21,25). The zero-order valence-electron chi connectivity index (χ0n) is 15.1. The average molecular weight is 340 g/mol. The maximum atomic E-state index is 12.5. The molecular formula is C20H28N4O. The predicted molar refractivity (Wildman–Crippen MR) is 100 cm³/mol. The molecule has 1 aliphatic heterocycles. The molecular weight excluding hydrogens is 312 g/mol. The molecule has 1 aromatic heterocycles. The lowest BCUT2D eigenvalue weighted by Crippen LogP contribution is -2.24. The Bertz CT molecular complexity index is 754. The number of rotatable bonds is 4. The predicted octanol–water partition coefficient (Wildman–Crippen LogP) is 3.69. The third-order valence-electron chi connectivity index (χ3n) is 5.78. The smallest absolute Gasteiger partial charge is 0.227 e. The van der Waals surface area contributed by atoms with Crippen molar-refractivity contribution in [3.63, 3.8) is 0 Å². The van der Waals surface area contributed by atoms with Crippen LogP contribution in [-0.4, -0.2) is 33.4 Å². The first-order valence-corrected chi connectivity index (χ1v) is 9.69. The summed E-state index contributed by atoms with van der Waals surface area (Å²) in [4.78, 5) is 19.8. The van der Waals surface area contributed by atoms with Gasteiger partial charge in [-0.15, -0.1) is 0 Å². The molecule has 0 bridgehead atoms. The van der Waals surface area contributed by atoms with E-state index < -0.39 is 0 Å². The van der Waals surface area contributed by atoms with E-state index in [9.17, 15) is 4.79 Å². The van der Waals surface area contributed by atoms with Crippen molar-refractivity contribution < 1.29 is 4.79 Å². The Morgan fingerprint density at radius 2 is 1.92 bits per heavy atom. The Hall–Kier alpha value is -1.88. The molecule has 1 aromatic carbocycles. The zero-order chi connectivity index (χ0) is 17.2. The summed E-state index contributed by atoms with van der Waals surface area (Å²) in [5.74, 6) is 1.46. The molecule has 0 unspecified atom stereocenters. The first kappa shape index (κ1) is 16.6. The number of amides is 1. The Kier molecular flexibility index (Phi) is 4.75. The van der Waals surface area contributed by atoms with Crippen molar-refractivity contribution in [3.8, 4) is 0 Å². The zero-order valence-corrected chi connectivity index (χ0v) is 15.1. The summed E-state index contributed by atoms with van der Waals surface area (Å²) in [6, 6.07) is 6.10. The lowest BCUT2D eigenvalue weighted by atomic mass is 9.88. The van der Waals surface area contributed by atoms with Gasteiger partial charge in [0, 0.05) is 18.7 Å². The quantitative estimate of drug-likeness (QED) is 0.923. The fourth-order valence-corrected chi connectivity index (χ4v) is 4.22. The summed E-state index contributed by atoms with van der Waals surface area (Å²) in [7, 11) is 2.08. The molecule has 25 heavy (non-hydrogen) atoms. The number of carbonyl (C=O) groups excluding carboxylic acids is 1. The molecule has 1 aliphatic carbocycles. The molecule has 0 spiro atoms.